The van der Waals surface area contributed by atoms with Gasteiger partial charge in [-0.25, -0.2) is 4.99 Å². The largest absolute Gasteiger partial charge is 0.484 e. The first-order valence-corrected chi connectivity index (χ1v) is 9.55. The lowest BCUT2D eigenvalue weighted by Crippen LogP contribution is -2.50. The second-order valence-electron chi connectivity index (χ2n) is 6.60. The van der Waals surface area contributed by atoms with E-state index in [-0.39, 0.29) is 35.3 Å². The number of ether oxygens (including phenoxy) is 1. The van der Waals surface area contributed by atoms with Crippen LogP contribution in [-0.2, 0) is 11.3 Å². The Morgan fingerprint density at radius 1 is 1.46 bits per heavy atom. The van der Waals surface area contributed by atoms with Crippen molar-refractivity contribution in [3.8, 4) is 5.75 Å². The van der Waals surface area contributed by atoms with Crippen molar-refractivity contribution in [2.24, 2.45) is 10.7 Å². The van der Waals surface area contributed by atoms with E-state index < -0.39 is 5.91 Å². The van der Waals surface area contributed by atoms with Gasteiger partial charge in [-0.05, 0) is 38.5 Å². The smallest absolute Gasteiger partial charge is 0.255 e. The molecule has 8 heteroatoms. The number of primary amides is 1. The van der Waals surface area contributed by atoms with Gasteiger partial charge in [0.25, 0.3) is 5.91 Å². The SMILES string of the molecule is CCNC(=NCc1cccc(OCC(N)=O)c1)N1CCSC(C)(C)C1.I. The average Bonchev–Trinajstić information content (AvgIpc) is 2.56. The van der Waals surface area contributed by atoms with Crippen LogP contribution < -0.4 is 15.8 Å². The van der Waals surface area contributed by atoms with Gasteiger partial charge >= 0.3 is 0 Å². The summed E-state index contributed by atoms with van der Waals surface area (Å²) in [4.78, 5) is 17.9. The number of guanidine groups is 1. The second kappa shape index (κ2) is 10.9. The molecule has 1 heterocycles. The summed E-state index contributed by atoms with van der Waals surface area (Å²) < 4.78 is 5.59. The van der Waals surface area contributed by atoms with E-state index in [1.807, 2.05) is 36.0 Å². The molecular weight excluding hydrogens is 463 g/mol. The normalized spacial score (nSPS) is 16.6. The molecule has 0 saturated carbocycles. The quantitative estimate of drug-likeness (QED) is 0.363. The van der Waals surface area contributed by atoms with Gasteiger partial charge in [-0.2, -0.15) is 11.8 Å². The summed E-state index contributed by atoms with van der Waals surface area (Å²) in [5.74, 6) is 2.20. The number of rotatable bonds is 6. The molecule has 0 aliphatic carbocycles. The Labute approximate surface area is 177 Å². The van der Waals surface area contributed by atoms with Crippen LogP contribution in [0, 0.1) is 0 Å². The zero-order chi connectivity index (χ0) is 18.3. The van der Waals surface area contributed by atoms with Crippen molar-refractivity contribution >= 4 is 47.6 Å². The van der Waals surface area contributed by atoms with E-state index in [9.17, 15) is 4.79 Å². The van der Waals surface area contributed by atoms with Crippen molar-refractivity contribution in [3.05, 3.63) is 29.8 Å². The van der Waals surface area contributed by atoms with Crippen LogP contribution in [0.2, 0.25) is 0 Å². The molecule has 3 N–H and O–H groups in total. The Balaban J connectivity index is 0.00000338. The van der Waals surface area contributed by atoms with Crippen LogP contribution >= 0.6 is 35.7 Å². The second-order valence-corrected chi connectivity index (χ2v) is 8.40. The standard InChI is InChI=1S/C18H28N4O2S.HI/c1-4-20-17(22-8-9-25-18(2,3)13-22)21-11-14-6-5-7-15(10-14)24-12-16(19)23;/h5-7,10H,4,8-9,11-13H2,1-3H3,(H2,19,23)(H,20,21);1H. The lowest BCUT2D eigenvalue weighted by Gasteiger charge is -2.39. The number of benzene rings is 1. The highest BCUT2D eigenvalue weighted by molar-refractivity contribution is 14.0. The molecule has 1 aliphatic rings. The van der Waals surface area contributed by atoms with Crippen LogP contribution in [0.15, 0.2) is 29.3 Å². The summed E-state index contributed by atoms with van der Waals surface area (Å²) in [6.45, 7) is 9.88. The minimum atomic E-state index is -0.483. The number of halogens is 1. The molecule has 2 rings (SSSR count). The van der Waals surface area contributed by atoms with Crippen LogP contribution in [0.4, 0.5) is 0 Å². The molecule has 1 aromatic rings. The molecule has 1 amide bonds. The predicted octanol–water partition coefficient (Wildman–Crippen LogP) is 2.46. The van der Waals surface area contributed by atoms with Gasteiger partial charge in [0.1, 0.15) is 5.75 Å². The summed E-state index contributed by atoms with van der Waals surface area (Å²) in [5.41, 5.74) is 6.14. The molecule has 0 unspecified atom stereocenters. The fraction of sp³-hybridized carbons (Fsp3) is 0.556. The molecule has 1 aliphatic heterocycles. The fourth-order valence-corrected chi connectivity index (χ4v) is 3.79. The van der Waals surface area contributed by atoms with Crippen LogP contribution in [0.5, 0.6) is 5.75 Å². The molecule has 1 saturated heterocycles. The summed E-state index contributed by atoms with van der Waals surface area (Å²) in [7, 11) is 0. The van der Waals surface area contributed by atoms with Crippen molar-refractivity contribution in [3.63, 3.8) is 0 Å². The number of carbonyl (C=O) groups excluding carboxylic acids is 1. The summed E-state index contributed by atoms with van der Waals surface area (Å²) in [6, 6.07) is 7.60. The Hall–Kier alpha value is -1.16. The van der Waals surface area contributed by atoms with Gasteiger partial charge in [-0.3, -0.25) is 4.79 Å². The number of thioether (sulfide) groups is 1. The van der Waals surface area contributed by atoms with Crippen molar-refractivity contribution < 1.29 is 9.53 Å². The first-order chi connectivity index (χ1) is 11.9. The van der Waals surface area contributed by atoms with Crippen LogP contribution in [0.25, 0.3) is 0 Å². The minimum Gasteiger partial charge on any atom is -0.484 e. The predicted molar refractivity (Wildman–Crippen MR) is 119 cm³/mol. The van der Waals surface area contributed by atoms with Crippen molar-refractivity contribution in [1.29, 1.82) is 0 Å². The number of hydrogen-bond acceptors (Lipinski definition) is 4. The van der Waals surface area contributed by atoms with Crippen molar-refractivity contribution in [1.82, 2.24) is 10.2 Å². The zero-order valence-electron chi connectivity index (χ0n) is 15.7. The number of nitrogens with one attached hydrogen (secondary N) is 1. The Morgan fingerprint density at radius 2 is 2.23 bits per heavy atom. The van der Waals surface area contributed by atoms with Crippen LogP contribution in [0.1, 0.15) is 26.3 Å². The maximum atomic E-state index is 10.8. The van der Waals surface area contributed by atoms with E-state index in [1.54, 1.807) is 0 Å². The Bertz CT molecular complexity index is 625. The van der Waals surface area contributed by atoms with Crippen LogP contribution in [0.3, 0.4) is 0 Å². The third-order valence-corrected chi connectivity index (χ3v) is 5.05. The molecule has 1 aromatic carbocycles. The molecule has 0 atom stereocenters. The third-order valence-electron chi connectivity index (χ3n) is 3.75. The number of aliphatic imine (C=N–C) groups is 1. The highest BCUT2D eigenvalue weighted by Crippen LogP contribution is 2.29. The number of hydrogen-bond donors (Lipinski definition) is 2. The summed E-state index contributed by atoms with van der Waals surface area (Å²) in [5, 5.41) is 3.39. The minimum absolute atomic E-state index is 0. The van der Waals surface area contributed by atoms with E-state index in [2.05, 4.69) is 31.0 Å². The van der Waals surface area contributed by atoms with E-state index in [1.165, 1.54) is 0 Å². The molecule has 26 heavy (non-hydrogen) atoms. The van der Waals surface area contributed by atoms with Gasteiger partial charge in [0, 0.05) is 30.1 Å². The molecule has 0 spiro atoms. The lowest BCUT2D eigenvalue weighted by atomic mass is 10.2. The number of amides is 1. The maximum absolute atomic E-state index is 10.8. The van der Waals surface area contributed by atoms with Crippen LogP contribution in [-0.4, -0.2) is 53.5 Å². The Kier molecular flexibility index (Phi) is 9.56. The third kappa shape index (κ3) is 7.61. The first-order valence-electron chi connectivity index (χ1n) is 8.57. The van der Waals surface area contributed by atoms with Crippen molar-refractivity contribution in [2.75, 3.05) is 32.0 Å². The number of carbonyl (C=O) groups is 1. The van der Waals surface area contributed by atoms with E-state index in [4.69, 9.17) is 15.5 Å². The van der Waals surface area contributed by atoms with Gasteiger partial charge < -0.3 is 20.7 Å². The molecule has 0 radical (unpaired) electrons. The topological polar surface area (TPSA) is 80.0 Å². The average molecular weight is 492 g/mol. The monoisotopic (exact) mass is 492 g/mol. The lowest BCUT2D eigenvalue weighted by molar-refractivity contribution is -0.119. The Morgan fingerprint density at radius 3 is 2.88 bits per heavy atom. The molecule has 0 bridgehead atoms. The van der Waals surface area contributed by atoms with Gasteiger partial charge in [0.05, 0.1) is 6.54 Å². The fourth-order valence-electron chi connectivity index (χ4n) is 2.68. The maximum Gasteiger partial charge on any atom is 0.255 e. The molecular formula is C18H29IN4O2S. The van der Waals surface area contributed by atoms with Gasteiger partial charge in [0.2, 0.25) is 0 Å². The van der Waals surface area contributed by atoms with Gasteiger partial charge in [-0.1, -0.05) is 12.1 Å². The van der Waals surface area contributed by atoms with Gasteiger partial charge in [0.15, 0.2) is 12.6 Å². The first kappa shape index (κ1) is 22.9. The molecule has 1 fully saturated rings. The highest BCUT2D eigenvalue weighted by atomic mass is 127. The highest BCUT2D eigenvalue weighted by Gasteiger charge is 2.28. The molecule has 6 nitrogen and oxygen atoms in total. The number of nitrogens with two attached hydrogens (primary N) is 1. The van der Waals surface area contributed by atoms with E-state index in [0.29, 0.717) is 12.3 Å². The number of nitrogens with zero attached hydrogens (tertiary/aromatic N) is 2. The molecule has 146 valence electrons. The van der Waals surface area contributed by atoms with Gasteiger partial charge in [-0.15, -0.1) is 24.0 Å². The van der Waals surface area contributed by atoms with Crippen molar-refractivity contribution in [2.45, 2.75) is 32.1 Å². The molecule has 0 aromatic heterocycles. The van der Waals surface area contributed by atoms with E-state index >= 15 is 0 Å². The van der Waals surface area contributed by atoms with E-state index in [0.717, 1.165) is 36.9 Å². The summed E-state index contributed by atoms with van der Waals surface area (Å²) in [6.07, 6.45) is 0. The summed E-state index contributed by atoms with van der Waals surface area (Å²) >= 11 is 2.01. The zero-order valence-corrected chi connectivity index (χ0v) is 18.8.